The molecule has 0 spiro atoms. The number of piperidine rings is 1. The molecule has 0 aliphatic carbocycles. The largest absolute Gasteiger partial charge is 0.460 e. The molecule has 1 N–H and O–H groups in total. The summed E-state index contributed by atoms with van der Waals surface area (Å²) in [5.41, 5.74) is -0.664. The van der Waals surface area contributed by atoms with Gasteiger partial charge in [-0.25, -0.2) is 0 Å². The van der Waals surface area contributed by atoms with Crippen molar-refractivity contribution in [2.75, 3.05) is 13.1 Å². The summed E-state index contributed by atoms with van der Waals surface area (Å²) in [6.45, 7) is 9.61. The van der Waals surface area contributed by atoms with Crippen molar-refractivity contribution in [2.45, 2.75) is 52.6 Å². The molecule has 1 unspecified atom stereocenters. The Kier molecular flexibility index (Phi) is 3.77. The Bertz CT molecular complexity index is 224. The average molecular weight is 213 g/mol. The molecular weight excluding hydrogens is 190 g/mol. The number of nitrogens with one attached hydrogen (secondary N) is 1. The minimum Gasteiger partial charge on any atom is -0.460 e. The first-order valence-corrected chi connectivity index (χ1v) is 5.84. The van der Waals surface area contributed by atoms with Gasteiger partial charge >= 0.3 is 5.97 Å². The van der Waals surface area contributed by atoms with Crippen molar-refractivity contribution in [1.82, 2.24) is 5.32 Å². The van der Waals surface area contributed by atoms with Crippen LogP contribution in [0.5, 0.6) is 0 Å². The van der Waals surface area contributed by atoms with Crippen LogP contribution in [0.2, 0.25) is 0 Å². The number of hydrogen-bond donors (Lipinski definition) is 1. The molecule has 0 aromatic carbocycles. The molecule has 1 aliphatic heterocycles. The molecule has 1 aliphatic rings. The van der Waals surface area contributed by atoms with E-state index in [1.165, 1.54) is 0 Å². The van der Waals surface area contributed by atoms with Crippen LogP contribution in [0.4, 0.5) is 0 Å². The molecule has 1 fully saturated rings. The highest BCUT2D eigenvalue weighted by atomic mass is 16.6. The van der Waals surface area contributed by atoms with Crippen molar-refractivity contribution in [3.05, 3.63) is 0 Å². The van der Waals surface area contributed by atoms with Crippen LogP contribution >= 0.6 is 0 Å². The lowest BCUT2D eigenvalue weighted by Gasteiger charge is -2.36. The minimum absolute atomic E-state index is 0.0373. The van der Waals surface area contributed by atoms with Gasteiger partial charge in [-0.15, -0.1) is 0 Å². The zero-order valence-corrected chi connectivity index (χ0v) is 10.4. The molecule has 0 aromatic rings. The summed E-state index contributed by atoms with van der Waals surface area (Å²) < 4.78 is 5.49. The molecule has 0 bridgehead atoms. The van der Waals surface area contributed by atoms with Gasteiger partial charge in [-0.2, -0.15) is 0 Å². The predicted molar refractivity (Wildman–Crippen MR) is 60.7 cm³/mol. The molecule has 3 heteroatoms. The normalized spacial score (nSPS) is 27.5. The average Bonchev–Trinajstić information content (AvgIpc) is 2.16. The van der Waals surface area contributed by atoms with Crippen molar-refractivity contribution >= 4 is 5.97 Å². The van der Waals surface area contributed by atoms with Gasteiger partial charge in [0.05, 0.1) is 5.41 Å². The van der Waals surface area contributed by atoms with Crippen LogP contribution in [0.3, 0.4) is 0 Å². The SMILES string of the molecule is CCC1(C(=O)OC(C)(C)C)CCCNC1. The molecule has 15 heavy (non-hydrogen) atoms. The van der Waals surface area contributed by atoms with Gasteiger partial charge in [-0.3, -0.25) is 4.79 Å². The molecule has 1 rings (SSSR count). The Morgan fingerprint density at radius 2 is 2.13 bits per heavy atom. The summed E-state index contributed by atoms with van der Waals surface area (Å²) in [6, 6.07) is 0. The van der Waals surface area contributed by atoms with Crippen molar-refractivity contribution in [3.8, 4) is 0 Å². The van der Waals surface area contributed by atoms with Gasteiger partial charge in [0.1, 0.15) is 5.60 Å². The van der Waals surface area contributed by atoms with Crippen LogP contribution in [0, 0.1) is 5.41 Å². The fourth-order valence-electron chi connectivity index (χ4n) is 1.97. The molecule has 0 saturated carbocycles. The van der Waals surface area contributed by atoms with Crippen molar-refractivity contribution in [3.63, 3.8) is 0 Å². The molecule has 0 aromatic heterocycles. The van der Waals surface area contributed by atoms with Gasteiger partial charge in [0, 0.05) is 6.54 Å². The highest BCUT2D eigenvalue weighted by molar-refractivity contribution is 5.77. The summed E-state index contributed by atoms with van der Waals surface area (Å²) in [6.07, 6.45) is 2.87. The van der Waals surface area contributed by atoms with E-state index >= 15 is 0 Å². The maximum Gasteiger partial charge on any atom is 0.313 e. The Labute approximate surface area is 92.6 Å². The maximum atomic E-state index is 12.1. The first-order valence-electron chi connectivity index (χ1n) is 5.84. The Morgan fingerprint density at radius 3 is 2.53 bits per heavy atom. The fourth-order valence-corrected chi connectivity index (χ4v) is 1.97. The molecule has 1 heterocycles. The standard InChI is InChI=1S/C12H23NO2/c1-5-12(7-6-8-13-9-12)10(14)15-11(2,3)4/h13H,5-9H2,1-4H3. The number of hydrogen-bond acceptors (Lipinski definition) is 3. The van der Waals surface area contributed by atoms with Crippen molar-refractivity contribution in [1.29, 1.82) is 0 Å². The first kappa shape index (κ1) is 12.5. The third kappa shape index (κ3) is 3.20. The highest BCUT2D eigenvalue weighted by Crippen LogP contribution is 2.32. The fraction of sp³-hybridized carbons (Fsp3) is 0.917. The summed E-state index contributed by atoms with van der Waals surface area (Å²) in [4.78, 5) is 12.1. The van der Waals surface area contributed by atoms with Gasteiger partial charge in [0.25, 0.3) is 0 Å². The number of carbonyl (C=O) groups is 1. The number of rotatable bonds is 2. The number of carbonyl (C=O) groups excluding carboxylic acids is 1. The van der Waals surface area contributed by atoms with Gasteiger partial charge in [0.2, 0.25) is 0 Å². The van der Waals surface area contributed by atoms with E-state index in [2.05, 4.69) is 12.2 Å². The maximum absolute atomic E-state index is 12.1. The molecule has 0 radical (unpaired) electrons. The summed E-state index contributed by atoms with van der Waals surface area (Å²) >= 11 is 0. The van der Waals surface area contributed by atoms with E-state index in [4.69, 9.17) is 4.74 Å². The third-order valence-corrected chi connectivity index (χ3v) is 2.98. The number of ether oxygens (including phenoxy) is 1. The van der Waals surface area contributed by atoms with Crippen molar-refractivity contribution in [2.24, 2.45) is 5.41 Å². The second kappa shape index (κ2) is 4.52. The van der Waals surface area contributed by atoms with E-state index in [0.717, 1.165) is 32.4 Å². The second-order valence-electron chi connectivity index (χ2n) is 5.42. The van der Waals surface area contributed by atoms with E-state index in [1.807, 2.05) is 20.8 Å². The highest BCUT2D eigenvalue weighted by Gasteiger charge is 2.40. The topological polar surface area (TPSA) is 38.3 Å². The smallest absolute Gasteiger partial charge is 0.313 e. The molecule has 0 amide bonds. The van der Waals surface area contributed by atoms with Gasteiger partial charge in [-0.05, 0) is 46.6 Å². The van der Waals surface area contributed by atoms with E-state index in [1.54, 1.807) is 0 Å². The van der Waals surface area contributed by atoms with E-state index < -0.39 is 0 Å². The Morgan fingerprint density at radius 1 is 1.47 bits per heavy atom. The molecule has 1 atom stereocenters. The summed E-state index contributed by atoms with van der Waals surface area (Å²) in [5, 5.41) is 3.29. The van der Waals surface area contributed by atoms with Crippen LogP contribution in [-0.4, -0.2) is 24.7 Å². The molecule has 3 nitrogen and oxygen atoms in total. The van der Waals surface area contributed by atoms with Gasteiger partial charge in [-0.1, -0.05) is 6.92 Å². The second-order valence-corrected chi connectivity index (χ2v) is 5.42. The van der Waals surface area contributed by atoms with Crippen LogP contribution in [0.1, 0.15) is 47.0 Å². The summed E-state index contributed by atoms with van der Waals surface area (Å²) in [5.74, 6) is -0.0373. The minimum atomic E-state index is -0.378. The lowest BCUT2D eigenvalue weighted by Crippen LogP contribution is -2.47. The lowest BCUT2D eigenvalue weighted by atomic mass is 9.78. The lowest BCUT2D eigenvalue weighted by molar-refractivity contribution is -0.169. The zero-order valence-electron chi connectivity index (χ0n) is 10.4. The van der Waals surface area contributed by atoms with E-state index in [9.17, 15) is 4.79 Å². The van der Waals surface area contributed by atoms with Gasteiger partial charge in [0.15, 0.2) is 0 Å². The van der Waals surface area contributed by atoms with E-state index in [-0.39, 0.29) is 17.0 Å². The predicted octanol–water partition coefficient (Wildman–Crippen LogP) is 2.11. The van der Waals surface area contributed by atoms with Crippen molar-refractivity contribution < 1.29 is 9.53 Å². The van der Waals surface area contributed by atoms with E-state index in [0.29, 0.717) is 0 Å². The van der Waals surface area contributed by atoms with Crippen LogP contribution in [0.25, 0.3) is 0 Å². The molecular formula is C12H23NO2. The quantitative estimate of drug-likeness (QED) is 0.714. The van der Waals surface area contributed by atoms with Gasteiger partial charge < -0.3 is 10.1 Å². The first-order chi connectivity index (χ1) is 6.90. The Hall–Kier alpha value is -0.570. The van der Waals surface area contributed by atoms with Crippen LogP contribution in [-0.2, 0) is 9.53 Å². The Balaban J connectivity index is 2.68. The zero-order chi connectivity index (χ0) is 11.5. The number of esters is 1. The molecule has 1 saturated heterocycles. The molecule has 88 valence electrons. The summed E-state index contributed by atoms with van der Waals surface area (Å²) in [7, 11) is 0. The van der Waals surface area contributed by atoms with Crippen LogP contribution in [0.15, 0.2) is 0 Å². The monoisotopic (exact) mass is 213 g/mol. The third-order valence-electron chi connectivity index (χ3n) is 2.98. The van der Waals surface area contributed by atoms with Crippen LogP contribution < -0.4 is 5.32 Å².